The Morgan fingerprint density at radius 1 is 0.815 bits per heavy atom. The van der Waals surface area contributed by atoms with Crippen LogP contribution < -0.4 is 4.74 Å². The number of benzene rings is 3. The van der Waals surface area contributed by atoms with Gasteiger partial charge in [0.05, 0.1) is 28.5 Å². The fraction of sp³-hybridized carbons (Fsp3) is 0. The molecule has 0 bridgehead atoms. The van der Waals surface area contributed by atoms with Gasteiger partial charge in [0.1, 0.15) is 29.2 Å². The third-order valence-corrected chi connectivity index (χ3v) is 4.06. The molecule has 0 fully saturated rings. The SMILES string of the molecule is N#Cc1cccc(Oc2cccc(-c3cnc4ccccc4n3)c2)c1C#N. The summed E-state index contributed by atoms with van der Waals surface area (Å²) in [5, 5.41) is 18.5. The zero-order valence-corrected chi connectivity index (χ0v) is 14.1. The molecule has 1 heterocycles. The van der Waals surface area contributed by atoms with Crippen LogP contribution in [0.3, 0.4) is 0 Å². The van der Waals surface area contributed by atoms with Crippen molar-refractivity contribution in [3.05, 3.63) is 84.1 Å². The summed E-state index contributed by atoms with van der Waals surface area (Å²) in [6, 6.07) is 24.1. The molecule has 0 spiro atoms. The lowest BCUT2D eigenvalue weighted by Gasteiger charge is -2.10. The maximum absolute atomic E-state index is 9.34. The minimum Gasteiger partial charge on any atom is -0.456 e. The van der Waals surface area contributed by atoms with Crippen LogP contribution in [0.2, 0.25) is 0 Å². The Labute approximate surface area is 155 Å². The number of aromatic nitrogens is 2. The summed E-state index contributed by atoms with van der Waals surface area (Å²) in [7, 11) is 0. The summed E-state index contributed by atoms with van der Waals surface area (Å²) >= 11 is 0. The summed E-state index contributed by atoms with van der Waals surface area (Å²) in [5.74, 6) is 0.896. The van der Waals surface area contributed by atoms with Gasteiger partial charge in [0, 0.05) is 5.56 Å². The van der Waals surface area contributed by atoms with Crippen molar-refractivity contribution in [3.63, 3.8) is 0 Å². The molecule has 0 N–H and O–H groups in total. The van der Waals surface area contributed by atoms with Gasteiger partial charge >= 0.3 is 0 Å². The van der Waals surface area contributed by atoms with E-state index in [1.54, 1.807) is 30.5 Å². The molecule has 0 unspecified atom stereocenters. The highest BCUT2D eigenvalue weighted by atomic mass is 16.5. The Morgan fingerprint density at radius 3 is 2.44 bits per heavy atom. The smallest absolute Gasteiger partial charge is 0.146 e. The Kier molecular flexibility index (Phi) is 4.19. The minimum atomic E-state index is 0.218. The second kappa shape index (κ2) is 6.95. The Bertz CT molecular complexity index is 1230. The standard InChI is InChI=1S/C22H12N4O/c23-12-16-6-4-10-22(18(16)13-24)27-17-7-3-5-15(11-17)21-14-25-19-8-1-2-9-20(19)26-21/h1-11,14H. The fourth-order valence-electron chi connectivity index (χ4n) is 2.77. The predicted molar refractivity (Wildman–Crippen MR) is 101 cm³/mol. The molecule has 0 aliphatic rings. The molecule has 0 aliphatic carbocycles. The van der Waals surface area contributed by atoms with Gasteiger partial charge in [-0.15, -0.1) is 0 Å². The molecule has 27 heavy (non-hydrogen) atoms. The van der Waals surface area contributed by atoms with Crippen molar-refractivity contribution in [2.24, 2.45) is 0 Å². The number of hydrogen-bond acceptors (Lipinski definition) is 5. The van der Waals surface area contributed by atoms with E-state index in [9.17, 15) is 5.26 Å². The first-order valence-electron chi connectivity index (χ1n) is 8.22. The zero-order chi connectivity index (χ0) is 18.6. The van der Waals surface area contributed by atoms with E-state index in [0.717, 1.165) is 22.3 Å². The average molecular weight is 348 g/mol. The molecule has 0 aliphatic heterocycles. The molecule has 0 saturated carbocycles. The summed E-state index contributed by atoms with van der Waals surface area (Å²) in [6.07, 6.45) is 1.72. The molecular formula is C22H12N4O. The summed E-state index contributed by atoms with van der Waals surface area (Å²) in [6.45, 7) is 0. The molecule has 5 nitrogen and oxygen atoms in total. The van der Waals surface area contributed by atoms with Crippen LogP contribution in [0.15, 0.2) is 72.9 Å². The van der Waals surface area contributed by atoms with Crippen molar-refractivity contribution >= 4 is 11.0 Å². The number of ether oxygens (including phenoxy) is 1. The van der Waals surface area contributed by atoms with E-state index in [1.807, 2.05) is 54.6 Å². The molecule has 1 aromatic heterocycles. The lowest BCUT2D eigenvalue weighted by Crippen LogP contribution is -1.93. The third-order valence-electron chi connectivity index (χ3n) is 4.06. The monoisotopic (exact) mass is 348 g/mol. The Balaban J connectivity index is 1.71. The first-order chi connectivity index (χ1) is 13.3. The van der Waals surface area contributed by atoms with Crippen molar-refractivity contribution in [3.8, 4) is 34.9 Å². The van der Waals surface area contributed by atoms with Gasteiger partial charge in [0.2, 0.25) is 0 Å². The number of para-hydroxylation sites is 2. The van der Waals surface area contributed by atoms with Crippen LogP contribution in [-0.4, -0.2) is 9.97 Å². The van der Waals surface area contributed by atoms with Crippen molar-refractivity contribution in [2.45, 2.75) is 0 Å². The van der Waals surface area contributed by atoms with E-state index in [4.69, 9.17) is 10.00 Å². The zero-order valence-electron chi connectivity index (χ0n) is 14.1. The highest BCUT2D eigenvalue weighted by molar-refractivity contribution is 5.77. The largest absolute Gasteiger partial charge is 0.456 e. The maximum atomic E-state index is 9.34. The van der Waals surface area contributed by atoms with Crippen molar-refractivity contribution < 1.29 is 4.74 Å². The van der Waals surface area contributed by atoms with Crippen molar-refractivity contribution in [1.82, 2.24) is 9.97 Å². The quantitative estimate of drug-likeness (QED) is 0.529. The van der Waals surface area contributed by atoms with E-state index in [0.29, 0.717) is 11.5 Å². The number of fused-ring (bicyclic) bond motifs is 1. The minimum absolute atomic E-state index is 0.218. The number of hydrogen-bond donors (Lipinski definition) is 0. The van der Waals surface area contributed by atoms with Crippen LogP contribution in [-0.2, 0) is 0 Å². The molecule has 5 heteroatoms. The Morgan fingerprint density at radius 2 is 1.63 bits per heavy atom. The van der Waals surface area contributed by atoms with Crippen molar-refractivity contribution in [1.29, 1.82) is 10.5 Å². The van der Waals surface area contributed by atoms with E-state index < -0.39 is 0 Å². The van der Waals surface area contributed by atoms with Crippen LogP contribution >= 0.6 is 0 Å². The van der Waals surface area contributed by atoms with Gasteiger partial charge in [0.15, 0.2) is 0 Å². The molecular weight excluding hydrogens is 336 g/mol. The molecule has 0 atom stereocenters. The molecule has 0 saturated heterocycles. The van der Waals surface area contributed by atoms with E-state index in [2.05, 4.69) is 9.97 Å². The fourth-order valence-corrected chi connectivity index (χ4v) is 2.77. The number of nitriles is 2. The lowest BCUT2D eigenvalue weighted by molar-refractivity contribution is 0.481. The summed E-state index contributed by atoms with van der Waals surface area (Å²) in [5.41, 5.74) is 3.73. The topological polar surface area (TPSA) is 82.6 Å². The van der Waals surface area contributed by atoms with Gasteiger partial charge in [-0.05, 0) is 36.4 Å². The van der Waals surface area contributed by atoms with Gasteiger partial charge in [-0.3, -0.25) is 4.98 Å². The average Bonchev–Trinajstić information content (AvgIpc) is 2.73. The molecule has 0 radical (unpaired) electrons. The summed E-state index contributed by atoms with van der Waals surface area (Å²) < 4.78 is 5.87. The van der Waals surface area contributed by atoms with Gasteiger partial charge in [-0.2, -0.15) is 10.5 Å². The number of rotatable bonds is 3. The highest BCUT2D eigenvalue weighted by Gasteiger charge is 2.11. The predicted octanol–water partition coefficient (Wildman–Crippen LogP) is 4.83. The van der Waals surface area contributed by atoms with Gasteiger partial charge in [-0.25, -0.2) is 4.98 Å². The van der Waals surface area contributed by atoms with Crippen molar-refractivity contribution in [2.75, 3.05) is 0 Å². The van der Waals surface area contributed by atoms with E-state index in [-0.39, 0.29) is 11.1 Å². The summed E-state index contributed by atoms with van der Waals surface area (Å²) in [4.78, 5) is 9.08. The van der Waals surface area contributed by atoms with E-state index in [1.165, 1.54) is 0 Å². The maximum Gasteiger partial charge on any atom is 0.146 e. The first kappa shape index (κ1) is 16.3. The van der Waals surface area contributed by atoms with Gasteiger partial charge < -0.3 is 4.74 Å². The van der Waals surface area contributed by atoms with Gasteiger partial charge in [-0.1, -0.05) is 30.3 Å². The number of nitrogens with zero attached hydrogens (tertiary/aromatic N) is 4. The Hall–Kier alpha value is -4.22. The molecule has 3 aromatic carbocycles. The molecule has 0 amide bonds. The van der Waals surface area contributed by atoms with Crippen LogP contribution in [0.4, 0.5) is 0 Å². The lowest BCUT2D eigenvalue weighted by atomic mass is 10.1. The second-order valence-corrected chi connectivity index (χ2v) is 5.78. The molecule has 4 aromatic rings. The van der Waals surface area contributed by atoms with Crippen LogP contribution in [0.1, 0.15) is 11.1 Å². The third kappa shape index (κ3) is 3.18. The van der Waals surface area contributed by atoms with E-state index >= 15 is 0 Å². The molecule has 4 rings (SSSR count). The van der Waals surface area contributed by atoms with Crippen LogP contribution in [0, 0.1) is 22.7 Å². The molecule has 126 valence electrons. The normalized spacial score (nSPS) is 10.1. The highest BCUT2D eigenvalue weighted by Crippen LogP contribution is 2.30. The second-order valence-electron chi connectivity index (χ2n) is 5.78. The van der Waals surface area contributed by atoms with Crippen LogP contribution in [0.5, 0.6) is 11.5 Å². The first-order valence-corrected chi connectivity index (χ1v) is 8.22. The van der Waals surface area contributed by atoms with Gasteiger partial charge in [0.25, 0.3) is 0 Å². The van der Waals surface area contributed by atoms with Crippen LogP contribution in [0.25, 0.3) is 22.3 Å².